The fourth-order valence-electron chi connectivity index (χ4n) is 2.21. The van der Waals surface area contributed by atoms with Gasteiger partial charge < -0.3 is 20.2 Å². The number of hydrogen-bond donors (Lipinski definition) is 2. The summed E-state index contributed by atoms with van der Waals surface area (Å²) in [6.45, 7) is 1.32. The van der Waals surface area contributed by atoms with Crippen LogP contribution in [0.5, 0.6) is 0 Å². The smallest absolute Gasteiger partial charge is 0.273 e. The molecule has 0 aromatic carbocycles. The predicted octanol–water partition coefficient (Wildman–Crippen LogP) is 1.28. The lowest BCUT2D eigenvalue weighted by molar-refractivity contribution is 0.0727. The monoisotopic (exact) mass is 303 g/mol. The van der Waals surface area contributed by atoms with Gasteiger partial charge in [-0.25, -0.2) is 13.8 Å². The Labute approximate surface area is 121 Å². The van der Waals surface area contributed by atoms with Crippen LogP contribution in [0.25, 0.3) is 0 Å². The second-order valence-electron chi connectivity index (χ2n) is 4.95. The molecule has 0 bridgehead atoms. The Bertz CT molecular complexity index is 461. The molecule has 6 nitrogen and oxygen atoms in total. The number of carbonyl (C=O) groups is 1. The first-order valence-corrected chi connectivity index (χ1v) is 6.94. The third kappa shape index (κ3) is 4.21. The first kappa shape index (κ1) is 15.8. The highest BCUT2D eigenvalue weighted by molar-refractivity contribution is 5.92. The number of oxazole rings is 1. The van der Waals surface area contributed by atoms with Gasteiger partial charge in [-0.1, -0.05) is 0 Å². The SMILES string of the molecule is NCCC(NC(=O)c1coc(C2CCOCC2)n1)C(F)F. The molecule has 2 rings (SSSR count). The fraction of sp³-hybridized carbons (Fsp3) is 0.692. The van der Waals surface area contributed by atoms with Gasteiger partial charge in [-0.05, 0) is 25.8 Å². The second-order valence-corrected chi connectivity index (χ2v) is 4.95. The Morgan fingerprint density at radius 1 is 1.48 bits per heavy atom. The summed E-state index contributed by atoms with van der Waals surface area (Å²) in [5.74, 6) is -0.109. The molecule has 0 radical (unpaired) electrons. The fourth-order valence-corrected chi connectivity index (χ4v) is 2.21. The van der Waals surface area contributed by atoms with Crippen LogP contribution in [0.15, 0.2) is 10.7 Å². The van der Waals surface area contributed by atoms with Crippen molar-refractivity contribution in [2.45, 2.75) is 37.6 Å². The number of ether oxygens (including phenoxy) is 1. The molecule has 0 aliphatic carbocycles. The van der Waals surface area contributed by atoms with Crippen molar-refractivity contribution in [2.24, 2.45) is 5.73 Å². The molecule has 1 aromatic rings. The van der Waals surface area contributed by atoms with E-state index in [-0.39, 0.29) is 24.6 Å². The lowest BCUT2D eigenvalue weighted by atomic mass is 10.0. The first-order chi connectivity index (χ1) is 10.1. The lowest BCUT2D eigenvalue weighted by Crippen LogP contribution is -2.41. The third-order valence-corrected chi connectivity index (χ3v) is 3.42. The van der Waals surface area contributed by atoms with Crippen molar-refractivity contribution in [2.75, 3.05) is 19.8 Å². The molecule has 1 saturated heterocycles. The minimum absolute atomic E-state index is 0.00801. The zero-order valence-electron chi connectivity index (χ0n) is 11.6. The molecule has 0 spiro atoms. The summed E-state index contributed by atoms with van der Waals surface area (Å²) in [7, 11) is 0. The van der Waals surface area contributed by atoms with Crippen molar-refractivity contribution in [3.63, 3.8) is 0 Å². The average Bonchev–Trinajstić information content (AvgIpc) is 2.97. The molecule has 1 unspecified atom stereocenters. The number of nitrogens with one attached hydrogen (secondary N) is 1. The predicted molar refractivity (Wildman–Crippen MR) is 70.2 cm³/mol. The van der Waals surface area contributed by atoms with Crippen molar-refractivity contribution in [1.82, 2.24) is 10.3 Å². The minimum atomic E-state index is -2.67. The van der Waals surface area contributed by atoms with E-state index >= 15 is 0 Å². The van der Waals surface area contributed by atoms with Crippen molar-refractivity contribution >= 4 is 5.91 Å². The second kappa shape index (κ2) is 7.46. The van der Waals surface area contributed by atoms with Crippen molar-refractivity contribution in [3.05, 3.63) is 17.8 Å². The van der Waals surface area contributed by atoms with Crippen LogP contribution in [0.1, 0.15) is 41.6 Å². The Kier molecular flexibility index (Phi) is 5.63. The van der Waals surface area contributed by atoms with E-state index in [9.17, 15) is 13.6 Å². The highest BCUT2D eigenvalue weighted by Crippen LogP contribution is 2.26. The Morgan fingerprint density at radius 2 is 2.19 bits per heavy atom. The van der Waals surface area contributed by atoms with E-state index in [0.29, 0.717) is 19.1 Å². The lowest BCUT2D eigenvalue weighted by Gasteiger charge is -2.18. The molecule has 1 aromatic heterocycles. The zero-order valence-corrected chi connectivity index (χ0v) is 11.6. The number of carbonyl (C=O) groups excluding carboxylic acids is 1. The largest absolute Gasteiger partial charge is 0.448 e. The number of halogens is 2. The minimum Gasteiger partial charge on any atom is -0.448 e. The van der Waals surface area contributed by atoms with Crippen molar-refractivity contribution < 1.29 is 22.7 Å². The molecule has 118 valence electrons. The summed E-state index contributed by atoms with van der Waals surface area (Å²) in [5, 5.41) is 2.23. The van der Waals surface area contributed by atoms with E-state index in [0.717, 1.165) is 12.8 Å². The maximum absolute atomic E-state index is 12.7. The van der Waals surface area contributed by atoms with Crippen LogP contribution in [0.4, 0.5) is 8.78 Å². The summed E-state index contributed by atoms with van der Waals surface area (Å²) in [5.41, 5.74) is 5.27. The number of amides is 1. The molecule has 1 aliphatic heterocycles. The van der Waals surface area contributed by atoms with Crippen LogP contribution in [-0.4, -0.2) is 43.1 Å². The number of aromatic nitrogens is 1. The van der Waals surface area contributed by atoms with Gasteiger partial charge in [-0.15, -0.1) is 0 Å². The van der Waals surface area contributed by atoms with Gasteiger partial charge in [0, 0.05) is 19.1 Å². The number of nitrogens with zero attached hydrogens (tertiary/aromatic N) is 1. The Morgan fingerprint density at radius 3 is 2.81 bits per heavy atom. The van der Waals surface area contributed by atoms with E-state index < -0.39 is 18.4 Å². The highest BCUT2D eigenvalue weighted by atomic mass is 19.3. The normalized spacial score (nSPS) is 17.9. The topological polar surface area (TPSA) is 90.4 Å². The summed E-state index contributed by atoms with van der Waals surface area (Å²) < 4.78 is 36.0. The average molecular weight is 303 g/mol. The molecular weight excluding hydrogens is 284 g/mol. The van der Waals surface area contributed by atoms with Crippen LogP contribution in [0, 0.1) is 0 Å². The Hall–Kier alpha value is -1.54. The number of rotatable bonds is 6. The molecule has 1 atom stereocenters. The van der Waals surface area contributed by atoms with Crippen molar-refractivity contribution in [3.8, 4) is 0 Å². The van der Waals surface area contributed by atoms with Gasteiger partial charge in [-0.2, -0.15) is 0 Å². The molecule has 1 amide bonds. The molecular formula is C13H19F2N3O3. The van der Waals surface area contributed by atoms with E-state index in [1.165, 1.54) is 6.26 Å². The summed E-state index contributed by atoms with van der Waals surface area (Å²) in [6, 6.07) is -1.27. The van der Waals surface area contributed by atoms with Gasteiger partial charge in [0.25, 0.3) is 12.3 Å². The van der Waals surface area contributed by atoms with Gasteiger partial charge >= 0.3 is 0 Å². The van der Waals surface area contributed by atoms with Gasteiger partial charge in [0.15, 0.2) is 11.6 Å². The highest BCUT2D eigenvalue weighted by Gasteiger charge is 2.26. The molecule has 3 N–H and O–H groups in total. The maximum atomic E-state index is 12.7. The van der Waals surface area contributed by atoms with Gasteiger partial charge in [-0.3, -0.25) is 4.79 Å². The van der Waals surface area contributed by atoms with Crippen LogP contribution in [0.2, 0.25) is 0 Å². The van der Waals surface area contributed by atoms with Crippen LogP contribution >= 0.6 is 0 Å². The quantitative estimate of drug-likeness (QED) is 0.826. The number of alkyl halides is 2. The summed E-state index contributed by atoms with van der Waals surface area (Å²) in [6.07, 6.45) is 0.0847. The van der Waals surface area contributed by atoms with Gasteiger partial charge in [0.2, 0.25) is 0 Å². The van der Waals surface area contributed by atoms with Crippen LogP contribution < -0.4 is 11.1 Å². The molecule has 1 fully saturated rings. The molecule has 21 heavy (non-hydrogen) atoms. The number of nitrogens with two attached hydrogens (primary N) is 1. The van der Waals surface area contributed by atoms with E-state index in [2.05, 4.69) is 10.3 Å². The standard InChI is InChI=1S/C13H19F2N3O3/c14-11(15)9(1-4-16)17-12(19)10-7-21-13(18-10)8-2-5-20-6-3-8/h7-9,11H,1-6,16H2,(H,17,19). The molecule has 0 saturated carbocycles. The Balaban J connectivity index is 1.97. The first-order valence-electron chi connectivity index (χ1n) is 6.94. The van der Waals surface area contributed by atoms with Crippen molar-refractivity contribution in [1.29, 1.82) is 0 Å². The van der Waals surface area contributed by atoms with E-state index in [1.54, 1.807) is 0 Å². The number of hydrogen-bond acceptors (Lipinski definition) is 5. The molecule has 1 aliphatic rings. The zero-order chi connectivity index (χ0) is 15.2. The third-order valence-electron chi connectivity index (χ3n) is 3.42. The molecule has 2 heterocycles. The summed E-state index contributed by atoms with van der Waals surface area (Å²) >= 11 is 0. The van der Waals surface area contributed by atoms with E-state index in [4.69, 9.17) is 14.9 Å². The maximum Gasteiger partial charge on any atom is 0.273 e. The van der Waals surface area contributed by atoms with E-state index in [1.807, 2.05) is 0 Å². The van der Waals surface area contributed by atoms with Crippen LogP contribution in [0.3, 0.4) is 0 Å². The molecule has 8 heteroatoms. The summed E-state index contributed by atoms with van der Waals surface area (Å²) in [4.78, 5) is 16.0. The van der Waals surface area contributed by atoms with Crippen LogP contribution in [-0.2, 0) is 4.74 Å². The van der Waals surface area contributed by atoms with Gasteiger partial charge in [0.05, 0.1) is 6.04 Å². The van der Waals surface area contributed by atoms with Gasteiger partial charge in [0.1, 0.15) is 6.26 Å².